The molecule has 5 rings (SSSR count). The number of ether oxygens (including phenoxy) is 1. The molecule has 4 atom stereocenters. The molecule has 2 aromatic carbocycles. The normalized spacial score (nSPS) is 22.8. The van der Waals surface area contributed by atoms with Crippen molar-refractivity contribution in [2.75, 3.05) is 32.5 Å². The smallest absolute Gasteiger partial charge is 0.410 e. The van der Waals surface area contributed by atoms with Gasteiger partial charge in [0.2, 0.25) is 11.8 Å². The first-order valence-electron chi connectivity index (χ1n) is 16.9. The molecule has 0 spiro atoms. The Bertz CT molecular complexity index is 1720. The first-order valence-corrected chi connectivity index (χ1v) is 18.3. The number of benzene rings is 2. The number of anilines is 1. The van der Waals surface area contributed by atoms with E-state index >= 15 is 0 Å². The quantitative estimate of drug-likeness (QED) is 0.199. The van der Waals surface area contributed by atoms with E-state index in [1.54, 1.807) is 24.3 Å². The number of halogens is 1. The first kappa shape index (κ1) is 36.8. The van der Waals surface area contributed by atoms with Crippen LogP contribution in [0.15, 0.2) is 60.7 Å². The molecule has 3 N–H and O–H groups in total. The summed E-state index contributed by atoms with van der Waals surface area (Å²) in [6.07, 6.45) is 6.08. The number of likely N-dealkylation sites (tertiary alicyclic amines) is 1. The fraction of sp³-hybridized carbons (Fsp3) is 0.486. The van der Waals surface area contributed by atoms with E-state index in [9.17, 15) is 32.0 Å². The third-order valence-corrected chi connectivity index (χ3v) is 10.8. The third-order valence-electron chi connectivity index (χ3n) is 9.37. The van der Waals surface area contributed by atoms with Crippen LogP contribution in [-0.4, -0.2) is 91.2 Å². The molecule has 270 valence electrons. The van der Waals surface area contributed by atoms with E-state index in [1.165, 1.54) is 30.0 Å². The van der Waals surface area contributed by atoms with Gasteiger partial charge in [-0.1, -0.05) is 62.2 Å². The molecular weight excluding hydrogens is 667 g/mol. The van der Waals surface area contributed by atoms with Crippen LogP contribution in [0.4, 0.5) is 14.9 Å². The van der Waals surface area contributed by atoms with Crippen molar-refractivity contribution in [2.24, 2.45) is 5.92 Å². The van der Waals surface area contributed by atoms with Gasteiger partial charge in [-0.25, -0.2) is 13.9 Å². The van der Waals surface area contributed by atoms with Gasteiger partial charge in [0.1, 0.15) is 23.5 Å². The van der Waals surface area contributed by atoms with Crippen molar-refractivity contribution in [3.05, 3.63) is 77.6 Å². The third kappa shape index (κ3) is 8.44. The number of nitrogens with zero attached hydrogens (tertiary/aromatic N) is 3. The van der Waals surface area contributed by atoms with Gasteiger partial charge in [-0.05, 0) is 43.0 Å². The first-order chi connectivity index (χ1) is 23.8. The summed E-state index contributed by atoms with van der Waals surface area (Å²) in [5, 5.41) is 5.82. The number of carbonyl (C=O) groups is 4. The van der Waals surface area contributed by atoms with Crippen LogP contribution in [0.1, 0.15) is 56.6 Å². The van der Waals surface area contributed by atoms with Crippen molar-refractivity contribution in [3.8, 4) is 0 Å². The summed E-state index contributed by atoms with van der Waals surface area (Å²) in [6.45, 7) is 2.02. The molecule has 0 radical (unpaired) electrons. The van der Waals surface area contributed by atoms with Crippen molar-refractivity contribution < 1.29 is 36.7 Å². The second-order valence-electron chi connectivity index (χ2n) is 13.2. The van der Waals surface area contributed by atoms with Crippen LogP contribution < -0.4 is 15.4 Å². The van der Waals surface area contributed by atoms with Gasteiger partial charge in [-0.2, -0.15) is 12.7 Å². The van der Waals surface area contributed by atoms with Crippen LogP contribution in [0.25, 0.3) is 0 Å². The van der Waals surface area contributed by atoms with Crippen LogP contribution in [-0.2, 0) is 42.4 Å². The Kier molecular flexibility index (Phi) is 11.5. The Labute approximate surface area is 292 Å². The highest BCUT2D eigenvalue weighted by atomic mass is 32.2. The molecule has 4 amide bonds. The predicted molar refractivity (Wildman–Crippen MR) is 184 cm³/mol. The molecular formula is C35H45FN6O7S. The van der Waals surface area contributed by atoms with Gasteiger partial charge < -0.3 is 20.3 Å². The Hall–Kier alpha value is -4.50. The van der Waals surface area contributed by atoms with Crippen molar-refractivity contribution in [3.63, 3.8) is 0 Å². The number of unbranched alkanes of at least 4 members (excludes halogenated alkanes) is 3. The molecule has 50 heavy (non-hydrogen) atoms. The van der Waals surface area contributed by atoms with E-state index in [2.05, 4.69) is 22.3 Å². The molecule has 3 aliphatic rings. The number of fused-ring (bicyclic) bond motifs is 1. The largest absolute Gasteiger partial charge is 0.444 e. The topological polar surface area (TPSA) is 157 Å². The van der Waals surface area contributed by atoms with E-state index < -0.39 is 63.4 Å². The van der Waals surface area contributed by atoms with Crippen molar-refractivity contribution >= 4 is 39.7 Å². The van der Waals surface area contributed by atoms with Gasteiger partial charge in [0.05, 0.1) is 19.6 Å². The van der Waals surface area contributed by atoms with Gasteiger partial charge in [-0.15, -0.1) is 0 Å². The Morgan fingerprint density at radius 2 is 1.82 bits per heavy atom. The van der Waals surface area contributed by atoms with E-state index in [0.717, 1.165) is 30.0 Å². The number of hydrogen-bond acceptors (Lipinski definition) is 8. The monoisotopic (exact) mass is 712 g/mol. The number of allylic oxidation sites excluding steroid dienone is 1. The summed E-state index contributed by atoms with van der Waals surface area (Å²) in [4.78, 5) is 57.1. The van der Waals surface area contributed by atoms with Crippen LogP contribution in [0.2, 0.25) is 0 Å². The summed E-state index contributed by atoms with van der Waals surface area (Å²) in [6, 6.07) is 12.5. The minimum absolute atomic E-state index is 0.0297. The average Bonchev–Trinajstić information content (AvgIpc) is 3.38. The molecule has 2 aromatic rings. The lowest BCUT2D eigenvalue weighted by Crippen LogP contribution is -2.57. The zero-order chi connectivity index (χ0) is 36.1. The summed E-state index contributed by atoms with van der Waals surface area (Å²) in [5.41, 5.74) is 0.218. The van der Waals surface area contributed by atoms with Crippen molar-refractivity contribution in [1.29, 1.82) is 0 Å². The van der Waals surface area contributed by atoms with Gasteiger partial charge in [0.15, 0.2) is 0 Å². The molecule has 13 nitrogen and oxygen atoms in total. The molecule has 0 aromatic heterocycles. The number of carbonyl (C=O) groups excluding carboxylic acids is 4. The van der Waals surface area contributed by atoms with Crippen molar-refractivity contribution in [1.82, 2.24) is 24.1 Å². The lowest BCUT2D eigenvalue weighted by Gasteiger charge is -2.27. The highest BCUT2D eigenvalue weighted by Gasteiger charge is 2.61. The molecule has 2 heterocycles. The fourth-order valence-electron chi connectivity index (χ4n) is 6.33. The summed E-state index contributed by atoms with van der Waals surface area (Å²) in [7, 11) is -1.60. The van der Waals surface area contributed by atoms with E-state index in [4.69, 9.17) is 4.74 Å². The van der Waals surface area contributed by atoms with Crippen LogP contribution >= 0.6 is 0 Å². The summed E-state index contributed by atoms with van der Waals surface area (Å²) >= 11 is 0. The van der Waals surface area contributed by atoms with E-state index in [1.807, 2.05) is 30.4 Å². The Balaban J connectivity index is 1.33. The summed E-state index contributed by atoms with van der Waals surface area (Å²) < 4.78 is 48.2. The van der Waals surface area contributed by atoms with Gasteiger partial charge in [0.25, 0.3) is 5.91 Å². The Morgan fingerprint density at radius 1 is 1.06 bits per heavy atom. The van der Waals surface area contributed by atoms with E-state index in [0.29, 0.717) is 16.8 Å². The highest BCUT2D eigenvalue weighted by Crippen LogP contribution is 2.45. The standard InChI is InChI=1S/C35H45FN6O7S/c1-4-5-6-7-9-14-25-19-35(25,33(45)39-50(47,48)40(2)3)38-32(44)30-18-27(22-42(30)31(43)20-37-26-15-10-8-11-16-26)49-34(46)41-21-24-13-12-17-29(36)28(24)23-41/h8-17,25,27,30,37H,4-7,18-23H2,1-3H3,(H,38,44)(H,39,45)/b14-9-/t25-,27-,30+,35-/m1/s1. The molecule has 2 aliphatic heterocycles. The van der Waals surface area contributed by atoms with Crippen LogP contribution in [0, 0.1) is 11.7 Å². The summed E-state index contributed by atoms with van der Waals surface area (Å²) in [5.74, 6) is -2.88. The minimum Gasteiger partial charge on any atom is -0.444 e. The van der Waals surface area contributed by atoms with Gasteiger partial charge in [-0.3, -0.25) is 19.3 Å². The second kappa shape index (κ2) is 15.6. The zero-order valence-corrected chi connectivity index (χ0v) is 29.4. The van der Waals surface area contributed by atoms with Crippen LogP contribution in [0.3, 0.4) is 0 Å². The van der Waals surface area contributed by atoms with Crippen LogP contribution in [0.5, 0.6) is 0 Å². The lowest BCUT2D eigenvalue weighted by atomic mass is 10.1. The fourth-order valence-corrected chi connectivity index (χ4v) is 6.93. The number of rotatable bonds is 14. The number of amides is 4. The molecule has 0 unspecified atom stereocenters. The number of nitrogens with one attached hydrogen (secondary N) is 3. The maximum Gasteiger partial charge on any atom is 0.410 e. The van der Waals surface area contributed by atoms with Crippen molar-refractivity contribution in [2.45, 2.75) is 76.2 Å². The molecule has 1 saturated heterocycles. The minimum atomic E-state index is -4.16. The van der Waals surface area contributed by atoms with Gasteiger partial charge >= 0.3 is 16.3 Å². The SMILES string of the molecule is CCCCC/C=C\[C@@H]1C[C@]1(NC(=O)[C@@H]1C[C@@H](OC(=O)N2Cc3cccc(F)c3C2)CN1C(=O)CNc1ccccc1)C(=O)NS(=O)(=O)N(C)C. The number of hydrogen-bond donors (Lipinski definition) is 3. The van der Waals surface area contributed by atoms with E-state index in [-0.39, 0.29) is 39.0 Å². The molecule has 1 saturated carbocycles. The van der Waals surface area contributed by atoms with Gasteiger partial charge in [0, 0.05) is 44.2 Å². The Morgan fingerprint density at radius 3 is 2.52 bits per heavy atom. The number of para-hydroxylation sites is 1. The predicted octanol–water partition coefficient (Wildman–Crippen LogP) is 3.29. The molecule has 1 aliphatic carbocycles. The molecule has 2 fully saturated rings. The second-order valence-corrected chi connectivity index (χ2v) is 15.1. The maximum absolute atomic E-state index is 14.3. The molecule has 15 heteroatoms. The average molecular weight is 713 g/mol. The highest BCUT2D eigenvalue weighted by molar-refractivity contribution is 7.87. The maximum atomic E-state index is 14.3. The zero-order valence-electron chi connectivity index (χ0n) is 28.6. The lowest BCUT2D eigenvalue weighted by molar-refractivity contribution is -0.138. The molecule has 0 bridgehead atoms.